The summed E-state index contributed by atoms with van der Waals surface area (Å²) < 4.78 is 0.766. The first-order chi connectivity index (χ1) is 14.0. The van der Waals surface area contributed by atoms with Crippen molar-refractivity contribution >= 4 is 34.5 Å². The summed E-state index contributed by atoms with van der Waals surface area (Å²) in [4.78, 5) is 16.0. The number of rotatable bonds is 5. The van der Waals surface area contributed by atoms with Gasteiger partial charge in [0.2, 0.25) is 0 Å². The van der Waals surface area contributed by atoms with Crippen molar-refractivity contribution in [2.24, 2.45) is 5.92 Å². The summed E-state index contributed by atoms with van der Waals surface area (Å²) in [5.74, 6) is 0.636. The zero-order chi connectivity index (χ0) is 20.4. The molecule has 5 heteroatoms. The number of hydrogen-bond donors (Lipinski definition) is 1. The van der Waals surface area contributed by atoms with Gasteiger partial charge >= 0.3 is 0 Å². The molecular formula is C24H25ClN2OS. The number of carbonyl (C=O) groups excluding carboxylic acids is 1. The van der Waals surface area contributed by atoms with Crippen LogP contribution in [0.15, 0.2) is 54.6 Å². The van der Waals surface area contributed by atoms with Gasteiger partial charge in [-0.15, -0.1) is 11.3 Å². The Labute approximate surface area is 181 Å². The smallest absolute Gasteiger partial charge is 0.255 e. The number of halogens is 1. The normalized spacial score (nSPS) is 15.9. The molecule has 3 nitrogen and oxygen atoms in total. The van der Waals surface area contributed by atoms with Gasteiger partial charge in [-0.1, -0.05) is 29.8 Å². The largest absolute Gasteiger partial charge is 0.322 e. The summed E-state index contributed by atoms with van der Waals surface area (Å²) in [7, 11) is 4.27. The molecule has 0 bridgehead atoms. The molecule has 0 aliphatic heterocycles. The van der Waals surface area contributed by atoms with E-state index in [1.54, 1.807) is 0 Å². The van der Waals surface area contributed by atoms with Gasteiger partial charge in [-0.2, -0.15) is 0 Å². The molecule has 1 heterocycles. The fourth-order valence-electron chi connectivity index (χ4n) is 4.04. The van der Waals surface area contributed by atoms with E-state index in [-0.39, 0.29) is 5.91 Å². The third kappa shape index (κ3) is 4.89. The molecule has 1 atom stereocenters. The van der Waals surface area contributed by atoms with Gasteiger partial charge in [0.1, 0.15) is 0 Å². The van der Waals surface area contributed by atoms with Crippen molar-refractivity contribution in [2.45, 2.75) is 19.3 Å². The highest BCUT2D eigenvalue weighted by molar-refractivity contribution is 7.19. The van der Waals surface area contributed by atoms with Crippen LogP contribution in [0.5, 0.6) is 0 Å². The van der Waals surface area contributed by atoms with E-state index in [1.165, 1.54) is 28.9 Å². The molecule has 4 rings (SSSR count). The second-order valence-corrected chi connectivity index (χ2v) is 9.70. The minimum atomic E-state index is -0.0815. The molecule has 1 aromatic heterocycles. The number of nitrogens with zero attached hydrogens (tertiary/aromatic N) is 1. The second kappa shape index (κ2) is 8.70. The number of hydrogen-bond acceptors (Lipinski definition) is 3. The molecule has 3 aromatic rings. The van der Waals surface area contributed by atoms with Gasteiger partial charge in [0.05, 0.1) is 4.34 Å². The van der Waals surface area contributed by atoms with Gasteiger partial charge in [-0.05, 0) is 92.4 Å². The Morgan fingerprint density at radius 1 is 1.10 bits per heavy atom. The van der Waals surface area contributed by atoms with Crippen LogP contribution in [0, 0.1) is 5.92 Å². The molecular weight excluding hydrogens is 400 g/mol. The minimum absolute atomic E-state index is 0.0815. The van der Waals surface area contributed by atoms with Crippen LogP contribution in [-0.4, -0.2) is 31.4 Å². The fourth-order valence-corrected chi connectivity index (χ4v) is 5.09. The number of fused-ring (bicyclic) bond motifs is 1. The maximum Gasteiger partial charge on any atom is 0.255 e. The van der Waals surface area contributed by atoms with E-state index in [4.69, 9.17) is 11.6 Å². The van der Waals surface area contributed by atoms with E-state index in [2.05, 4.69) is 36.4 Å². The van der Waals surface area contributed by atoms with E-state index < -0.39 is 0 Å². The van der Waals surface area contributed by atoms with Gasteiger partial charge in [0.15, 0.2) is 0 Å². The maximum absolute atomic E-state index is 12.7. The van der Waals surface area contributed by atoms with Crippen LogP contribution in [0.1, 0.15) is 27.9 Å². The molecule has 1 aliphatic rings. The Bertz CT molecular complexity index is 1010. The first-order valence-electron chi connectivity index (χ1n) is 9.91. The third-order valence-corrected chi connectivity index (χ3v) is 6.70. The number of aryl methyl sites for hydroxylation is 1. The third-order valence-electron chi connectivity index (χ3n) is 5.42. The Morgan fingerprint density at radius 2 is 1.90 bits per heavy atom. The molecule has 0 saturated carbocycles. The summed E-state index contributed by atoms with van der Waals surface area (Å²) in [5, 5.41) is 3.05. The summed E-state index contributed by atoms with van der Waals surface area (Å²) in [6.45, 7) is 1.13. The van der Waals surface area contributed by atoms with Crippen molar-refractivity contribution in [3.63, 3.8) is 0 Å². The van der Waals surface area contributed by atoms with Crippen LogP contribution in [0.2, 0.25) is 4.34 Å². The van der Waals surface area contributed by atoms with E-state index >= 15 is 0 Å². The van der Waals surface area contributed by atoms with Crippen LogP contribution in [0.3, 0.4) is 0 Å². The fraction of sp³-hybridized carbons (Fsp3) is 0.292. The van der Waals surface area contributed by atoms with Gasteiger partial charge in [-0.25, -0.2) is 0 Å². The zero-order valence-electron chi connectivity index (χ0n) is 16.7. The molecule has 0 saturated heterocycles. The highest BCUT2D eigenvalue weighted by Gasteiger charge is 2.19. The average Bonchev–Trinajstić information content (AvgIpc) is 3.14. The Morgan fingerprint density at radius 3 is 2.59 bits per heavy atom. The van der Waals surface area contributed by atoms with Gasteiger partial charge < -0.3 is 10.2 Å². The van der Waals surface area contributed by atoms with Crippen LogP contribution >= 0.6 is 22.9 Å². The molecule has 0 spiro atoms. The Kier molecular flexibility index (Phi) is 6.04. The lowest BCUT2D eigenvalue weighted by atomic mass is 9.83. The van der Waals surface area contributed by atoms with Gasteiger partial charge in [0, 0.05) is 22.7 Å². The minimum Gasteiger partial charge on any atom is -0.322 e. The van der Waals surface area contributed by atoms with Crippen molar-refractivity contribution in [2.75, 3.05) is 26.0 Å². The van der Waals surface area contributed by atoms with Crippen LogP contribution in [0.25, 0.3) is 10.4 Å². The summed E-state index contributed by atoms with van der Waals surface area (Å²) >= 11 is 7.55. The molecule has 0 radical (unpaired) electrons. The van der Waals surface area contributed by atoms with E-state index in [9.17, 15) is 4.79 Å². The highest BCUT2D eigenvalue weighted by Crippen LogP contribution is 2.31. The molecule has 1 aliphatic carbocycles. The standard InChI is InChI=1S/C24H25ClN2OS/c1-27(2)15-16-3-4-20-14-21(10-9-19(20)13-16)26-24(28)18-7-5-17(6-8-18)22-11-12-23(25)29-22/h5-12,14,16H,3-4,13,15H2,1-2H3,(H,26,28). The number of thiophene rings is 1. The first kappa shape index (κ1) is 20.1. The number of nitrogens with one attached hydrogen (secondary N) is 1. The van der Waals surface area contributed by atoms with E-state index in [0.717, 1.165) is 45.8 Å². The second-order valence-electron chi connectivity index (χ2n) is 7.99. The maximum atomic E-state index is 12.7. The molecule has 150 valence electrons. The van der Waals surface area contributed by atoms with Gasteiger partial charge in [0.25, 0.3) is 5.91 Å². The molecule has 1 unspecified atom stereocenters. The number of anilines is 1. The van der Waals surface area contributed by atoms with Crippen molar-refractivity contribution in [3.8, 4) is 10.4 Å². The molecule has 29 heavy (non-hydrogen) atoms. The van der Waals surface area contributed by atoms with Crippen molar-refractivity contribution < 1.29 is 4.79 Å². The predicted octanol–water partition coefficient (Wildman–Crippen LogP) is 5.99. The monoisotopic (exact) mass is 424 g/mol. The number of carbonyl (C=O) groups is 1. The molecule has 1 N–H and O–H groups in total. The predicted molar refractivity (Wildman–Crippen MR) is 123 cm³/mol. The number of amides is 1. The van der Waals surface area contributed by atoms with Crippen molar-refractivity contribution in [3.05, 3.63) is 75.6 Å². The number of benzene rings is 2. The Balaban J connectivity index is 1.42. The topological polar surface area (TPSA) is 32.3 Å². The lowest BCUT2D eigenvalue weighted by Crippen LogP contribution is -2.26. The lowest BCUT2D eigenvalue weighted by molar-refractivity contribution is 0.102. The van der Waals surface area contributed by atoms with Crippen LogP contribution in [0.4, 0.5) is 5.69 Å². The molecule has 1 amide bonds. The summed E-state index contributed by atoms with van der Waals surface area (Å²) in [6.07, 6.45) is 3.41. The molecule has 0 fully saturated rings. The van der Waals surface area contributed by atoms with E-state index in [1.807, 2.05) is 42.5 Å². The van der Waals surface area contributed by atoms with E-state index in [0.29, 0.717) is 5.56 Å². The van der Waals surface area contributed by atoms with Crippen molar-refractivity contribution in [1.29, 1.82) is 0 Å². The quantitative estimate of drug-likeness (QED) is 0.545. The van der Waals surface area contributed by atoms with Crippen LogP contribution in [-0.2, 0) is 12.8 Å². The summed E-state index contributed by atoms with van der Waals surface area (Å²) in [6, 6.07) is 17.9. The van der Waals surface area contributed by atoms with Crippen molar-refractivity contribution in [1.82, 2.24) is 4.90 Å². The average molecular weight is 425 g/mol. The van der Waals surface area contributed by atoms with Crippen LogP contribution < -0.4 is 5.32 Å². The first-order valence-corrected chi connectivity index (χ1v) is 11.1. The summed E-state index contributed by atoms with van der Waals surface area (Å²) in [5.41, 5.74) is 5.37. The zero-order valence-corrected chi connectivity index (χ0v) is 18.3. The lowest BCUT2D eigenvalue weighted by Gasteiger charge is -2.27. The SMILES string of the molecule is CN(C)CC1CCc2cc(NC(=O)c3ccc(-c4ccc(Cl)s4)cc3)ccc2C1. The van der Waals surface area contributed by atoms with Gasteiger partial charge in [-0.3, -0.25) is 4.79 Å². The molecule has 2 aromatic carbocycles. The Hall–Kier alpha value is -2.14. The highest BCUT2D eigenvalue weighted by atomic mass is 35.5.